The minimum atomic E-state index is -0.463. The molecule has 272 valence electrons. The van der Waals surface area contributed by atoms with Crippen LogP contribution >= 0.6 is 0 Å². The van der Waals surface area contributed by atoms with E-state index in [1.165, 1.54) is 4.68 Å². The van der Waals surface area contributed by atoms with Crippen molar-refractivity contribution in [3.63, 3.8) is 0 Å². The SMILES string of the molecule is CN1CCN(c2ccc(-n3cc(C(=O)NCCCN4CCOCC4)nn3)cc2NC(=O)c2ncc(N=C(c3ccccc3)c3ccccc3)cn2)CC1. The maximum Gasteiger partial charge on any atom is 0.293 e. The number of aromatic nitrogens is 5. The zero-order chi connectivity index (χ0) is 36.4. The molecule has 2 fully saturated rings. The Kier molecular flexibility index (Phi) is 11.5. The number of aliphatic imine (C=N–C) groups is 1. The first-order valence-electron chi connectivity index (χ1n) is 17.9. The highest BCUT2D eigenvalue weighted by Gasteiger charge is 2.21. The van der Waals surface area contributed by atoms with Crippen LogP contribution in [-0.4, -0.2) is 125 Å². The third-order valence-electron chi connectivity index (χ3n) is 9.28. The number of morpholine rings is 1. The Morgan fingerprint density at radius 1 is 0.830 bits per heavy atom. The van der Waals surface area contributed by atoms with E-state index in [1.807, 2.05) is 78.9 Å². The van der Waals surface area contributed by atoms with Crippen molar-refractivity contribution in [2.24, 2.45) is 4.99 Å². The van der Waals surface area contributed by atoms with Gasteiger partial charge in [0.15, 0.2) is 5.69 Å². The number of carbonyl (C=O) groups excluding carboxylic acids is 2. The predicted octanol–water partition coefficient (Wildman–Crippen LogP) is 3.68. The van der Waals surface area contributed by atoms with Gasteiger partial charge >= 0.3 is 0 Å². The Hall–Kier alpha value is -5.83. The summed E-state index contributed by atoms with van der Waals surface area (Å²) in [7, 11) is 2.10. The van der Waals surface area contributed by atoms with Crippen molar-refractivity contribution in [2.45, 2.75) is 6.42 Å². The molecular weight excluding hydrogens is 671 g/mol. The van der Waals surface area contributed by atoms with Crippen LogP contribution in [0.2, 0.25) is 0 Å². The molecule has 14 heteroatoms. The third kappa shape index (κ3) is 9.16. The average molecular weight is 714 g/mol. The summed E-state index contributed by atoms with van der Waals surface area (Å²) < 4.78 is 6.94. The number of nitrogens with zero attached hydrogens (tertiary/aromatic N) is 9. The Balaban J connectivity index is 1.07. The summed E-state index contributed by atoms with van der Waals surface area (Å²) in [4.78, 5) is 47.0. The van der Waals surface area contributed by atoms with Crippen LogP contribution in [0.15, 0.2) is 102 Å². The summed E-state index contributed by atoms with van der Waals surface area (Å²) in [6.07, 6.45) is 5.53. The predicted molar refractivity (Wildman–Crippen MR) is 203 cm³/mol. The molecule has 0 atom stereocenters. The number of nitrogens with one attached hydrogen (secondary N) is 2. The van der Waals surface area contributed by atoms with E-state index in [4.69, 9.17) is 9.73 Å². The first-order chi connectivity index (χ1) is 26.0. The number of hydrogen-bond acceptors (Lipinski definition) is 11. The number of likely N-dealkylation sites (N-methyl/N-ethyl adjacent to an activating group) is 1. The van der Waals surface area contributed by atoms with Crippen LogP contribution in [0.4, 0.5) is 17.1 Å². The van der Waals surface area contributed by atoms with Gasteiger partial charge in [0, 0.05) is 56.9 Å². The third-order valence-corrected chi connectivity index (χ3v) is 9.28. The van der Waals surface area contributed by atoms with E-state index in [2.05, 4.69) is 52.7 Å². The van der Waals surface area contributed by atoms with Crippen LogP contribution in [0.25, 0.3) is 5.69 Å². The van der Waals surface area contributed by atoms with Gasteiger partial charge in [0.1, 0.15) is 5.69 Å². The van der Waals surface area contributed by atoms with Crippen molar-refractivity contribution in [2.75, 3.05) is 82.8 Å². The number of carbonyl (C=O) groups is 2. The fraction of sp³-hybridized carbons (Fsp3) is 0.308. The number of piperazine rings is 1. The Bertz CT molecular complexity index is 1960. The monoisotopic (exact) mass is 713 g/mol. The molecule has 5 aromatic rings. The van der Waals surface area contributed by atoms with Crippen LogP contribution in [0.1, 0.15) is 38.7 Å². The van der Waals surface area contributed by atoms with Crippen molar-refractivity contribution in [3.05, 3.63) is 120 Å². The summed E-state index contributed by atoms with van der Waals surface area (Å²) >= 11 is 0. The zero-order valence-electron chi connectivity index (χ0n) is 29.8. The maximum atomic E-state index is 13.6. The lowest BCUT2D eigenvalue weighted by molar-refractivity contribution is 0.0374. The van der Waals surface area contributed by atoms with E-state index >= 15 is 0 Å². The molecule has 0 aliphatic carbocycles. The van der Waals surface area contributed by atoms with Crippen molar-refractivity contribution in [1.82, 2.24) is 40.1 Å². The molecule has 53 heavy (non-hydrogen) atoms. The second-order valence-corrected chi connectivity index (χ2v) is 13.0. The van der Waals surface area contributed by atoms with E-state index in [0.717, 1.165) is 88.0 Å². The zero-order valence-corrected chi connectivity index (χ0v) is 29.8. The largest absolute Gasteiger partial charge is 0.379 e. The van der Waals surface area contributed by atoms with Crippen LogP contribution in [-0.2, 0) is 4.74 Å². The molecule has 0 bridgehead atoms. The number of rotatable bonds is 12. The minimum absolute atomic E-state index is 0.00739. The number of anilines is 2. The molecule has 2 saturated heterocycles. The van der Waals surface area contributed by atoms with Gasteiger partial charge in [-0.25, -0.2) is 19.6 Å². The molecule has 2 aliphatic rings. The highest BCUT2D eigenvalue weighted by molar-refractivity contribution is 6.14. The van der Waals surface area contributed by atoms with E-state index < -0.39 is 5.91 Å². The van der Waals surface area contributed by atoms with E-state index in [9.17, 15) is 9.59 Å². The van der Waals surface area contributed by atoms with Gasteiger partial charge in [-0.15, -0.1) is 5.10 Å². The van der Waals surface area contributed by atoms with Crippen LogP contribution in [0.3, 0.4) is 0 Å². The van der Waals surface area contributed by atoms with Gasteiger partial charge < -0.3 is 25.2 Å². The fourth-order valence-corrected chi connectivity index (χ4v) is 6.30. The number of hydrogen-bond donors (Lipinski definition) is 2. The van der Waals surface area contributed by atoms with Gasteiger partial charge in [-0.3, -0.25) is 14.5 Å². The summed E-state index contributed by atoms with van der Waals surface area (Å²) in [5.41, 5.74) is 5.49. The van der Waals surface area contributed by atoms with Gasteiger partial charge in [0.05, 0.1) is 54.6 Å². The number of amides is 2. The minimum Gasteiger partial charge on any atom is -0.379 e. The summed E-state index contributed by atoms with van der Waals surface area (Å²) in [5.74, 6) is -0.742. The van der Waals surface area contributed by atoms with E-state index in [0.29, 0.717) is 23.6 Å². The molecule has 2 amide bonds. The molecule has 0 radical (unpaired) electrons. The second-order valence-electron chi connectivity index (χ2n) is 13.0. The highest BCUT2D eigenvalue weighted by atomic mass is 16.5. The Morgan fingerprint density at radius 3 is 2.19 bits per heavy atom. The van der Waals surface area contributed by atoms with Crippen molar-refractivity contribution in [1.29, 1.82) is 0 Å². The Labute approximate surface area is 308 Å². The molecule has 2 N–H and O–H groups in total. The van der Waals surface area contributed by atoms with E-state index in [1.54, 1.807) is 18.6 Å². The molecule has 0 saturated carbocycles. The normalized spacial score (nSPS) is 15.2. The van der Waals surface area contributed by atoms with Gasteiger partial charge in [0.2, 0.25) is 5.82 Å². The van der Waals surface area contributed by atoms with Crippen molar-refractivity contribution < 1.29 is 14.3 Å². The topological polar surface area (TPSA) is 146 Å². The lowest BCUT2D eigenvalue weighted by Crippen LogP contribution is -2.44. The van der Waals surface area contributed by atoms with E-state index in [-0.39, 0.29) is 17.4 Å². The average Bonchev–Trinajstić information content (AvgIpc) is 3.71. The van der Waals surface area contributed by atoms with Gasteiger partial charge in [-0.2, -0.15) is 0 Å². The fourth-order valence-electron chi connectivity index (χ4n) is 6.30. The molecule has 2 aliphatic heterocycles. The lowest BCUT2D eigenvalue weighted by Gasteiger charge is -2.35. The highest BCUT2D eigenvalue weighted by Crippen LogP contribution is 2.30. The summed E-state index contributed by atoms with van der Waals surface area (Å²) in [6, 6.07) is 25.5. The second kappa shape index (κ2) is 17.1. The summed E-state index contributed by atoms with van der Waals surface area (Å²) in [6.45, 7) is 8.14. The molecule has 14 nitrogen and oxygen atoms in total. The number of ether oxygens (including phenoxy) is 1. The lowest BCUT2D eigenvalue weighted by atomic mass is 10.0. The molecule has 3 aromatic carbocycles. The van der Waals surface area contributed by atoms with Crippen LogP contribution in [0.5, 0.6) is 0 Å². The van der Waals surface area contributed by atoms with Crippen LogP contribution in [0, 0.1) is 0 Å². The number of benzene rings is 3. The smallest absolute Gasteiger partial charge is 0.293 e. The van der Waals surface area contributed by atoms with Gasteiger partial charge in [-0.1, -0.05) is 65.9 Å². The van der Waals surface area contributed by atoms with Crippen molar-refractivity contribution in [3.8, 4) is 5.69 Å². The molecule has 4 heterocycles. The quantitative estimate of drug-likeness (QED) is 0.145. The molecular formula is C39H43N11O3. The van der Waals surface area contributed by atoms with Gasteiger partial charge in [-0.05, 0) is 38.2 Å². The first kappa shape index (κ1) is 35.6. The standard InChI is InChI=1S/C39H43N11O3/c1-47-17-19-49(20-18-47)35-14-13-32(50-28-34(45-46-50)38(51)40-15-8-16-48-21-23-53-24-22-48)25-33(35)44-39(52)37-41-26-31(27-42-37)43-36(29-9-4-2-5-10-29)30-11-6-3-7-12-30/h2-7,9-14,25-28H,8,15-24H2,1H3,(H,40,51)(H,44,52). The molecule has 7 rings (SSSR count). The molecule has 2 aromatic heterocycles. The first-order valence-corrected chi connectivity index (χ1v) is 17.9. The van der Waals surface area contributed by atoms with Crippen LogP contribution < -0.4 is 15.5 Å². The Morgan fingerprint density at radius 2 is 1.51 bits per heavy atom. The van der Waals surface area contributed by atoms with Gasteiger partial charge in [0.25, 0.3) is 11.8 Å². The molecule has 0 unspecified atom stereocenters. The molecule has 0 spiro atoms. The van der Waals surface area contributed by atoms with Crippen molar-refractivity contribution >= 4 is 34.6 Å². The summed E-state index contributed by atoms with van der Waals surface area (Å²) in [5, 5.41) is 14.3. The maximum absolute atomic E-state index is 13.6.